The van der Waals surface area contributed by atoms with Crippen molar-refractivity contribution < 1.29 is 4.79 Å². The third-order valence-corrected chi connectivity index (χ3v) is 2.21. The molecule has 1 N–H and O–H groups in total. The first-order valence-electron chi connectivity index (χ1n) is 5.12. The largest absolute Gasteiger partial charge is 0.334 e. The van der Waals surface area contributed by atoms with Gasteiger partial charge in [-0.2, -0.15) is 5.10 Å². The van der Waals surface area contributed by atoms with Gasteiger partial charge < -0.3 is 10.2 Å². The highest BCUT2D eigenvalue weighted by Gasteiger charge is 2.10. The summed E-state index contributed by atoms with van der Waals surface area (Å²) in [6, 6.07) is 1.90. The van der Waals surface area contributed by atoms with Crippen LogP contribution in [-0.4, -0.2) is 40.3 Å². The zero-order valence-electron chi connectivity index (χ0n) is 9.47. The zero-order valence-corrected chi connectivity index (χ0v) is 9.47. The maximum absolute atomic E-state index is 11.5. The molecule has 0 bridgehead atoms. The van der Waals surface area contributed by atoms with Gasteiger partial charge in [-0.15, -0.1) is 0 Å². The molecule has 1 aromatic heterocycles. The lowest BCUT2D eigenvalue weighted by Gasteiger charge is -2.19. The van der Waals surface area contributed by atoms with Crippen LogP contribution in [0.15, 0.2) is 18.5 Å². The van der Waals surface area contributed by atoms with E-state index in [0.717, 1.165) is 0 Å². The Kier molecular flexibility index (Phi) is 4.15. The van der Waals surface area contributed by atoms with E-state index >= 15 is 0 Å². The number of urea groups is 1. The molecule has 5 heteroatoms. The number of nitrogens with zero attached hydrogens (tertiary/aromatic N) is 3. The van der Waals surface area contributed by atoms with E-state index in [1.165, 1.54) is 0 Å². The van der Waals surface area contributed by atoms with Crippen LogP contribution in [0.25, 0.3) is 0 Å². The fourth-order valence-corrected chi connectivity index (χ4v) is 1.20. The van der Waals surface area contributed by atoms with Gasteiger partial charge in [-0.1, -0.05) is 0 Å². The summed E-state index contributed by atoms with van der Waals surface area (Å²) in [5.74, 6) is 0. The van der Waals surface area contributed by atoms with E-state index < -0.39 is 0 Å². The fraction of sp³-hybridized carbons (Fsp3) is 0.600. The first-order valence-corrected chi connectivity index (χ1v) is 5.12. The van der Waals surface area contributed by atoms with Gasteiger partial charge in [0.25, 0.3) is 0 Å². The molecule has 1 aromatic rings. The lowest BCUT2D eigenvalue weighted by molar-refractivity contribution is 0.206. The zero-order chi connectivity index (χ0) is 11.3. The van der Waals surface area contributed by atoms with Crippen LogP contribution in [0.4, 0.5) is 4.79 Å². The number of rotatable bonds is 4. The minimum atomic E-state index is -0.0443. The average molecular weight is 210 g/mol. The Balaban J connectivity index is 2.36. The fourth-order valence-electron chi connectivity index (χ4n) is 1.20. The SMILES string of the molecule is CCN(C)C(=O)NC(C)Cn1cccn1. The highest BCUT2D eigenvalue weighted by molar-refractivity contribution is 5.74. The highest BCUT2D eigenvalue weighted by Crippen LogP contribution is 1.92. The van der Waals surface area contributed by atoms with Gasteiger partial charge in [-0.05, 0) is 19.9 Å². The van der Waals surface area contributed by atoms with Crippen LogP contribution >= 0.6 is 0 Å². The third kappa shape index (κ3) is 3.61. The van der Waals surface area contributed by atoms with E-state index in [2.05, 4.69) is 10.4 Å². The minimum absolute atomic E-state index is 0.0443. The quantitative estimate of drug-likeness (QED) is 0.803. The predicted octanol–water partition coefficient (Wildman–Crippen LogP) is 0.933. The van der Waals surface area contributed by atoms with Crippen molar-refractivity contribution in [1.29, 1.82) is 0 Å². The maximum Gasteiger partial charge on any atom is 0.317 e. The molecule has 1 unspecified atom stereocenters. The van der Waals surface area contributed by atoms with Crippen LogP contribution in [0.5, 0.6) is 0 Å². The summed E-state index contributed by atoms with van der Waals surface area (Å²) in [6.07, 6.45) is 3.61. The summed E-state index contributed by atoms with van der Waals surface area (Å²) in [7, 11) is 1.77. The maximum atomic E-state index is 11.5. The van der Waals surface area contributed by atoms with Crippen LogP contribution in [0, 0.1) is 0 Å². The van der Waals surface area contributed by atoms with Gasteiger partial charge in [-0.25, -0.2) is 4.79 Å². The number of hydrogen-bond acceptors (Lipinski definition) is 2. The molecule has 0 saturated heterocycles. The predicted molar refractivity (Wildman–Crippen MR) is 58.5 cm³/mol. The van der Waals surface area contributed by atoms with Crippen LogP contribution in [0.2, 0.25) is 0 Å². The van der Waals surface area contributed by atoms with Crippen LogP contribution in [-0.2, 0) is 6.54 Å². The molecule has 1 atom stereocenters. The Bertz CT molecular complexity index is 296. The number of amides is 2. The number of hydrogen-bond donors (Lipinski definition) is 1. The summed E-state index contributed by atoms with van der Waals surface area (Å²) in [5, 5.41) is 6.98. The Morgan fingerprint density at radius 2 is 2.40 bits per heavy atom. The third-order valence-electron chi connectivity index (χ3n) is 2.21. The van der Waals surface area contributed by atoms with Crippen LogP contribution in [0.3, 0.4) is 0 Å². The van der Waals surface area contributed by atoms with E-state index in [-0.39, 0.29) is 12.1 Å². The average Bonchev–Trinajstić information content (AvgIpc) is 2.68. The Hall–Kier alpha value is -1.52. The number of nitrogens with one attached hydrogen (secondary N) is 1. The summed E-state index contributed by atoms with van der Waals surface area (Å²) in [6.45, 7) is 5.30. The molecule has 0 fully saturated rings. The van der Waals surface area contributed by atoms with Gasteiger partial charge >= 0.3 is 6.03 Å². The van der Waals surface area contributed by atoms with Crippen molar-refractivity contribution >= 4 is 6.03 Å². The molecule has 0 aromatic carbocycles. The van der Waals surface area contributed by atoms with E-state index in [9.17, 15) is 4.79 Å². The molecule has 1 rings (SSSR count). The van der Waals surface area contributed by atoms with Crippen molar-refractivity contribution in [3.8, 4) is 0 Å². The normalized spacial score (nSPS) is 12.2. The molecule has 5 nitrogen and oxygen atoms in total. The second-order valence-corrected chi connectivity index (χ2v) is 3.59. The van der Waals surface area contributed by atoms with E-state index in [0.29, 0.717) is 13.1 Å². The summed E-state index contributed by atoms with van der Waals surface area (Å²) < 4.78 is 1.80. The van der Waals surface area contributed by atoms with Gasteiger partial charge in [-0.3, -0.25) is 4.68 Å². The minimum Gasteiger partial charge on any atom is -0.334 e. The number of aromatic nitrogens is 2. The molecular weight excluding hydrogens is 192 g/mol. The molecule has 2 amide bonds. The molecule has 15 heavy (non-hydrogen) atoms. The highest BCUT2D eigenvalue weighted by atomic mass is 16.2. The van der Waals surface area contributed by atoms with Crippen molar-refractivity contribution in [2.24, 2.45) is 0 Å². The molecule has 0 aliphatic heterocycles. The Morgan fingerprint density at radius 3 is 2.93 bits per heavy atom. The summed E-state index contributed by atoms with van der Waals surface area (Å²) >= 11 is 0. The standard InChI is InChI=1S/C10H18N4O/c1-4-13(3)10(15)12-9(2)8-14-7-5-6-11-14/h5-7,9H,4,8H2,1-3H3,(H,12,15). The molecule has 0 aliphatic carbocycles. The second-order valence-electron chi connectivity index (χ2n) is 3.59. The second kappa shape index (κ2) is 5.38. The van der Waals surface area contributed by atoms with Gasteiger partial charge in [0.05, 0.1) is 6.54 Å². The topological polar surface area (TPSA) is 50.2 Å². The monoisotopic (exact) mass is 210 g/mol. The first-order chi connectivity index (χ1) is 7.13. The smallest absolute Gasteiger partial charge is 0.317 e. The van der Waals surface area contributed by atoms with E-state index in [4.69, 9.17) is 0 Å². The van der Waals surface area contributed by atoms with Crippen molar-refractivity contribution in [3.63, 3.8) is 0 Å². The first kappa shape index (κ1) is 11.6. The van der Waals surface area contributed by atoms with E-state index in [1.54, 1.807) is 22.8 Å². The van der Waals surface area contributed by atoms with Gasteiger partial charge in [0.15, 0.2) is 0 Å². The van der Waals surface area contributed by atoms with Crippen molar-refractivity contribution in [2.75, 3.05) is 13.6 Å². The van der Waals surface area contributed by atoms with Crippen LogP contribution in [0.1, 0.15) is 13.8 Å². The van der Waals surface area contributed by atoms with Crippen molar-refractivity contribution in [2.45, 2.75) is 26.4 Å². The van der Waals surface area contributed by atoms with Crippen molar-refractivity contribution in [3.05, 3.63) is 18.5 Å². The summed E-state index contributed by atoms with van der Waals surface area (Å²) in [4.78, 5) is 13.1. The number of carbonyl (C=O) groups excluding carboxylic acids is 1. The number of carbonyl (C=O) groups is 1. The molecular formula is C10H18N4O. The van der Waals surface area contributed by atoms with Gasteiger partial charge in [0.1, 0.15) is 0 Å². The lowest BCUT2D eigenvalue weighted by atomic mass is 10.3. The molecule has 0 radical (unpaired) electrons. The summed E-state index contributed by atoms with van der Waals surface area (Å²) in [5.41, 5.74) is 0. The Labute approximate surface area is 90.1 Å². The molecule has 0 spiro atoms. The molecule has 1 heterocycles. The van der Waals surface area contributed by atoms with Crippen molar-refractivity contribution in [1.82, 2.24) is 20.0 Å². The van der Waals surface area contributed by atoms with Gasteiger partial charge in [0.2, 0.25) is 0 Å². The Morgan fingerprint density at radius 1 is 1.67 bits per heavy atom. The van der Waals surface area contributed by atoms with Gasteiger partial charge in [0, 0.05) is 32.0 Å². The van der Waals surface area contributed by atoms with E-state index in [1.807, 2.05) is 26.1 Å². The molecule has 0 saturated carbocycles. The molecule has 0 aliphatic rings. The lowest BCUT2D eigenvalue weighted by Crippen LogP contribution is -2.43. The molecule has 84 valence electrons. The van der Waals surface area contributed by atoms with Crippen LogP contribution < -0.4 is 5.32 Å².